The van der Waals surface area contributed by atoms with Crippen molar-refractivity contribution < 1.29 is 0 Å². The fourth-order valence-corrected chi connectivity index (χ4v) is 1.31. The largest absolute Gasteiger partial charge is 0.292 e. The van der Waals surface area contributed by atoms with Crippen LogP contribution in [0, 0.1) is 11.3 Å². The van der Waals surface area contributed by atoms with Crippen molar-refractivity contribution in [3.8, 4) is 0 Å². The molecule has 0 aliphatic carbocycles. The van der Waals surface area contributed by atoms with Crippen molar-refractivity contribution in [1.82, 2.24) is 5.32 Å². The van der Waals surface area contributed by atoms with Gasteiger partial charge in [-0.1, -0.05) is 34.6 Å². The molecule has 1 aliphatic heterocycles. The van der Waals surface area contributed by atoms with Gasteiger partial charge in [0.05, 0.1) is 6.04 Å². The molecule has 0 bridgehead atoms. The van der Waals surface area contributed by atoms with Crippen molar-refractivity contribution in [2.45, 2.75) is 46.8 Å². The van der Waals surface area contributed by atoms with Crippen LogP contribution in [0.2, 0.25) is 0 Å². The van der Waals surface area contributed by atoms with Crippen molar-refractivity contribution in [2.24, 2.45) is 21.6 Å². The second kappa shape index (κ2) is 3.74. The Bertz CT molecular complexity index is 191. The number of rotatable bonds is 1. The third kappa shape index (κ3) is 2.76. The van der Waals surface area contributed by atoms with Crippen molar-refractivity contribution >= 4 is 0 Å². The Kier molecular flexibility index (Phi) is 3.06. The number of azo groups is 1. The zero-order valence-corrected chi connectivity index (χ0v) is 9.33. The lowest BCUT2D eigenvalue weighted by atomic mass is 9.91. The maximum absolute atomic E-state index is 4.34. The van der Waals surface area contributed by atoms with Gasteiger partial charge in [0, 0.05) is 6.54 Å². The van der Waals surface area contributed by atoms with Gasteiger partial charge in [0.15, 0.2) is 0 Å². The highest BCUT2D eigenvalue weighted by atomic mass is 15.3. The smallest absolute Gasteiger partial charge is 0.125 e. The minimum Gasteiger partial charge on any atom is -0.292 e. The summed E-state index contributed by atoms with van der Waals surface area (Å²) in [4.78, 5) is 0. The normalized spacial score (nSPS) is 29.7. The Morgan fingerprint density at radius 1 is 1.23 bits per heavy atom. The molecule has 1 N–H and O–H groups in total. The molecular formula is C10H21N3. The molecule has 0 radical (unpaired) electrons. The zero-order valence-electron chi connectivity index (χ0n) is 9.33. The molecule has 1 heterocycles. The van der Waals surface area contributed by atoms with Crippen LogP contribution < -0.4 is 5.32 Å². The van der Waals surface area contributed by atoms with E-state index in [1.165, 1.54) is 0 Å². The van der Waals surface area contributed by atoms with E-state index in [9.17, 15) is 0 Å². The van der Waals surface area contributed by atoms with Gasteiger partial charge in [-0.05, 0) is 11.3 Å². The molecule has 3 nitrogen and oxygen atoms in total. The van der Waals surface area contributed by atoms with Crippen LogP contribution in [0.5, 0.6) is 0 Å². The maximum atomic E-state index is 4.34. The molecule has 1 aliphatic rings. The van der Waals surface area contributed by atoms with E-state index < -0.39 is 0 Å². The molecule has 76 valence electrons. The third-order valence-corrected chi connectivity index (χ3v) is 2.44. The van der Waals surface area contributed by atoms with Crippen LogP contribution in [-0.4, -0.2) is 18.8 Å². The van der Waals surface area contributed by atoms with E-state index in [1.54, 1.807) is 0 Å². The van der Waals surface area contributed by atoms with E-state index in [-0.39, 0.29) is 11.6 Å². The first kappa shape index (κ1) is 10.6. The summed E-state index contributed by atoms with van der Waals surface area (Å²) in [5.41, 5.74) is 0.172. The third-order valence-electron chi connectivity index (χ3n) is 2.44. The fraction of sp³-hybridized carbons (Fsp3) is 1.00. The first-order valence-electron chi connectivity index (χ1n) is 5.04. The quantitative estimate of drug-likeness (QED) is 0.666. The highest BCUT2D eigenvalue weighted by Crippen LogP contribution is 2.23. The van der Waals surface area contributed by atoms with E-state index >= 15 is 0 Å². The Labute approximate surface area is 81.0 Å². The molecule has 2 atom stereocenters. The van der Waals surface area contributed by atoms with Crippen molar-refractivity contribution in [3.05, 3.63) is 0 Å². The SMILES string of the molecule is CC(C)C1CNC(C(C)(C)C)N=N1. The van der Waals surface area contributed by atoms with Gasteiger partial charge in [-0.25, -0.2) is 0 Å². The van der Waals surface area contributed by atoms with Gasteiger partial charge in [-0.2, -0.15) is 10.2 Å². The average molecular weight is 183 g/mol. The summed E-state index contributed by atoms with van der Waals surface area (Å²) in [6, 6.07) is 0.360. The van der Waals surface area contributed by atoms with Gasteiger partial charge in [0.2, 0.25) is 0 Å². The van der Waals surface area contributed by atoms with Crippen molar-refractivity contribution in [1.29, 1.82) is 0 Å². The van der Waals surface area contributed by atoms with Gasteiger partial charge >= 0.3 is 0 Å². The Hall–Kier alpha value is -0.440. The summed E-state index contributed by atoms with van der Waals surface area (Å²) in [5.74, 6) is 0.581. The number of nitrogens with zero attached hydrogens (tertiary/aromatic N) is 2. The van der Waals surface area contributed by atoms with Crippen LogP contribution in [0.1, 0.15) is 34.6 Å². The zero-order chi connectivity index (χ0) is 10.1. The minimum atomic E-state index is 0.172. The van der Waals surface area contributed by atoms with Crippen LogP contribution in [0.3, 0.4) is 0 Å². The van der Waals surface area contributed by atoms with Crippen LogP contribution in [-0.2, 0) is 0 Å². The van der Waals surface area contributed by atoms with Crippen LogP contribution in [0.15, 0.2) is 10.2 Å². The number of nitrogens with one attached hydrogen (secondary N) is 1. The molecule has 0 saturated carbocycles. The fourth-order valence-electron chi connectivity index (χ4n) is 1.31. The van der Waals surface area contributed by atoms with Gasteiger partial charge in [0.25, 0.3) is 0 Å². The van der Waals surface area contributed by atoms with Gasteiger partial charge in [-0.3, -0.25) is 5.32 Å². The Balaban J connectivity index is 2.57. The van der Waals surface area contributed by atoms with Crippen molar-refractivity contribution in [3.63, 3.8) is 0 Å². The molecule has 3 heteroatoms. The molecule has 13 heavy (non-hydrogen) atoms. The molecule has 0 fully saturated rings. The molecular weight excluding hydrogens is 162 g/mol. The van der Waals surface area contributed by atoms with Gasteiger partial charge in [0.1, 0.15) is 6.17 Å². The lowest BCUT2D eigenvalue weighted by Crippen LogP contribution is -2.46. The summed E-state index contributed by atoms with van der Waals surface area (Å²) in [6.07, 6.45) is 0.183. The number of hydrogen-bond donors (Lipinski definition) is 1. The summed E-state index contributed by atoms with van der Waals surface area (Å²) in [5, 5.41) is 12.1. The molecule has 1 rings (SSSR count). The highest BCUT2D eigenvalue weighted by molar-refractivity contribution is 4.84. The van der Waals surface area contributed by atoms with Crippen LogP contribution >= 0.6 is 0 Å². The molecule has 0 aromatic rings. The summed E-state index contributed by atoms with van der Waals surface area (Å²) in [6.45, 7) is 11.9. The van der Waals surface area contributed by atoms with Crippen molar-refractivity contribution in [2.75, 3.05) is 6.54 Å². The first-order valence-corrected chi connectivity index (χ1v) is 5.04. The molecule has 0 aromatic heterocycles. The summed E-state index contributed by atoms with van der Waals surface area (Å²) in [7, 11) is 0. The second-order valence-corrected chi connectivity index (χ2v) is 5.22. The van der Waals surface area contributed by atoms with E-state index in [2.05, 4.69) is 50.2 Å². The molecule has 0 saturated heterocycles. The van der Waals surface area contributed by atoms with Gasteiger partial charge in [-0.15, -0.1) is 0 Å². The molecule has 2 unspecified atom stereocenters. The average Bonchev–Trinajstić information content (AvgIpc) is 2.03. The number of hydrogen-bond acceptors (Lipinski definition) is 3. The monoisotopic (exact) mass is 183 g/mol. The second-order valence-electron chi connectivity index (χ2n) is 5.22. The molecule has 0 amide bonds. The maximum Gasteiger partial charge on any atom is 0.125 e. The van der Waals surface area contributed by atoms with E-state index in [4.69, 9.17) is 0 Å². The Morgan fingerprint density at radius 3 is 2.15 bits per heavy atom. The summed E-state index contributed by atoms with van der Waals surface area (Å²) < 4.78 is 0. The van der Waals surface area contributed by atoms with Gasteiger partial charge < -0.3 is 0 Å². The molecule has 0 spiro atoms. The predicted octanol–water partition coefficient (Wildman–Crippen LogP) is 2.44. The Morgan fingerprint density at radius 2 is 1.85 bits per heavy atom. The first-order chi connectivity index (χ1) is 5.91. The van der Waals surface area contributed by atoms with E-state index in [1.807, 2.05) is 0 Å². The lowest BCUT2D eigenvalue weighted by Gasteiger charge is -2.32. The molecule has 0 aromatic carbocycles. The predicted molar refractivity (Wildman–Crippen MR) is 54.7 cm³/mol. The lowest BCUT2D eigenvalue weighted by molar-refractivity contribution is 0.227. The van der Waals surface area contributed by atoms with Crippen LogP contribution in [0.25, 0.3) is 0 Å². The highest BCUT2D eigenvalue weighted by Gasteiger charge is 2.28. The standard InChI is InChI=1S/C10H21N3/c1-7(2)8-6-11-9(13-12-8)10(3,4)5/h7-9,11H,6H2,1-5H3. The topological polar surface area (TPSA) is 36.8 Å². The van der Waals surface area contributed by atoms with Crippen LogP contribution in [0.4, 0.5) is 0 Å². The van der Waals surface area contributed by atoms with E-state index in [0.717, 1.165) is 6.54 Å². The van der Waals surface area contributed by atoms with E-state index in [0.29, 0.717) is 12.0 Å². The summed E-state index contributed by atoms with van der Waals surface area (Å²) >= 11 is 0. The minimum absolute atomic E-state index is 0.172.